The number of anilines is 2. The molecule has 0 aromatic heterocycles. The Morgan fingerprint density at radius 1 is 0.971 bits per heavy atom. The van der Waals surface area contributed by atoms with Crippen molar-refractivity contribution in [2.75, 3.05) is 28.8 Å². The van der Waals surface area contributed by atoms with E-state index in [4.69, 9.17) is 23.2 Å². The molecule has 0 saturated carbocycles. The minimum atomic E-state index is -4.08. The molecule has 1 amide bonds. The van der Waals surface area contributed by atoms with E-state index in [9.17, 15) is 13.2 Å². The van der Waals surface area contributed by atoms with E-state index in [0.717, 1.165) is 23.0 Å². The summed E-state index contributed by atoms with van der Waals surface area (Å²) in [4.78, 5) is 15.5. The summed E-state index contributed by atoms with van der Waals surface area (Å²) in [5, 5.41) is 3.17. The van der Waals surface area contributed by atoms with Gasteiger partial charge < -0.3 is 10.2 Å². The predicted molar refractivity (Wildman–Crippen MR) is 142 cm³/mol. The highest BCUT2D eigenvalue weighted by Crippen LogP contribution is 2.35. The topological polar surface area (TPSA) is 69.7 Å². The van der Waals surface area contributed by atoms with E-state index in [2.05, 4.69) is 22.3 Å². The Hall–Kier alpha value is -2.74. The lowest BCUT2D eigenvalue weighted by Crippen LogP contribution is -2.41. The normalized spacial score (nSPS) is 14.5. The van der Waals surface area contributed by atoms with Gasteiger partial charge in [-0.05, 0) is 61.7 Å². The van der Waals surface area contributed by atoms with E-state index < -0.39 is 22.5 Å². The lowest BCUT2D eigenvalue weighted by atomic mass is 10.1. The van der Waals surface area contributed by atoms with Gasteiger partial charge in [-0.3, -0.25) is 9.10 Å². The van der Waals surface area contributed by atoms with Gasteiger partial charge in [0.1, 0.15) is 6.54 Å². The van der Waals surface area contributed by atoms with E-state index in [-0.39, 0.29) is 26.7 Å². The number of nitrogens with one attached hydrogen (secondary N) is 1. The quantitative estimate of drug-likeness (QED) is 0.406. The van der Waals surface area contributed by atoms with Crippen molar-refractivity contribution in [2.24, 2.45) is 0 Å². The van der Waals surface area contributed by atoms with Gasteiger partial charge in [-0.15, -0.1) is 0 Å². The van der Waals surface area contributed by atoms with E-state index in [1.54, 1.807) is 30.3 Å². The molecule has 3 aromatic carbocycles. The third-order valence-electron chi connectivity index (χ3n) is 6.06. The van der Waals surface area contributed by atoms with Gasteiger partial charge in [0.15, 0.2) is 0 Å². The first-order valence-electron chi connectivity index (χ1n) is 11.4. The Labute approximate surface area is 216 Å². The van der Waals surface area contributed by atoms with Crippen LogP contribution in [0.15, 0.2) is 77.7 Å². The van der Waals surface area contributed by atoms with Crippen LogP contribution in [0.5, 0.6) is 0 Å². The molecule has 1 fully saturated rings. The molecule has 1 atom stereocenters. The summed E-state index contributed by atoms with van der Waals surface area (Å²) in [6.45, 7) is 3.53. The van der Waals surface area contributed by atoms with Gasteiger partial charge in [0.25, 0.3) is 10.0 Å². The average Bonchev–Trinajstić information content (AvgIpc) is 3.40. The van der Waals surface area contributed by atoms with Crippen molar-refractivity contribution in [3.05, 3.63) is 88.4 Å². The zero-order valence-electron chi connectivity index (χ0n) is 19.3. The molecule has 1 N–H and O–H groups in total. The second kappa shape index (κ2) is 10.9. The Balaban J connectivity index is 1.55. The van der Waals surface area contributed by atoms with Crippen LogP contribution in [0.4, 0.5) is 11.4 Å². The monoisotopic (exact) mass is 531 g/mol. The molecule has 1 saturated heterocycles. The summed E-state index contributed by atoms with van der Waals surface area (Å²) in [5.41, 5.74) is 2.24. The number of hydrogen-bond donors (Lipinski definition) is 1. The van der Waals surface area contributed by atoms with E-state index in [1.807, 2.05) is 19.1 Å². The van der Waals surface area contributed by atoms with Crippen molar-refractivity contribution in [1.29, 1.82) is 0 Å². The molecule has 35 heavy (non-hydrogen) atoms. The van der Waals surface area contributed by atoms with Crippen molar-refractivity contribution >= 4 is 50.5 Å². The van der Waals surface area contributed by atoms with Gasteiger partial charge in [0, 0.05) is 18.8 Å². The minimum Gasteiger partial charge on any atom is -0.372 e. The standard InChI is InChI=1S/C26H27Cl2N3O3S/c1-19(20-12-14-21(15-13-20)30-16-5-6-17-30)29-25(32)18-31(24-11-7-10-23(27)26(24)28)35(33,34)22-8-3-2-4-9-22/h2-4,7-15,19H,5-6,16-18H2,1H3,(H,29,32). The highest BCUT2D eigenvalue weighted by atomic mass is 35.5. The first-order chi connectivity index (χ1) is 16.8. The van der Waals surface area contributed by atoms with E-state index >= 15 is 0 Å². The summed E-state index contributed by atoms with van der Waals surface area (Å²) in [6, 6.07) is 20.4. The molecule has 4 rings (SSSR count). The fourth-order valence-corrected chi connectivity index (χ4v) is 6.06. The summed E-state index contributed by atoms with van der Waals surface area (Å²) >= 11 is 12.5. The SMILES string of the molecule is CC(NC(=O)CN(c1cccc(Cl)c1Cl)S(=O)(=O)c1ccccc1)c1ccc(N2CCCC2)cc1. The van der Waals surface area contributed by atoms with Crippen LogP contribution in [0.3, 0.4) is 0 Å². The van der Waals surface area contributed by atoms with Gasteiger partial charge in [-0.2, -0.15) is 0 Å². The lowest BCUT2D eigenvalue weighted by Gasteiger charge is -2.26. The molecule has 184 valence electrons. The Bertz CT molecular complexity index is 1280. The third kappa shape index (κ3) is 5.74. The Morgan fingerprint density at radius 3 is 2.29 bits per heavy atom. The zero-order chi connectivity index (χ0) is 25.0. The molecule has 9 heteroatoms. The summed E-state index contributed by atoms with van der Waals surface area (Å²) in [5.74, 6) is -0.461. The highest BCUT2D eigenvalue weighted by Gasteiger charge is 2.29. The maximum absolute atomic E-state index is 13.5. The maximum Gasteiger partial charge on any atom is 0.264 e. The minimum absolute atomic E-state index is 0.0504. The van der Waals surface area contributed by atoms with Crippen LogP contribution < -0.4 is 14.5 Å². The lowest BCUT2D eigenvalue weighted by molar-refractivity contribution is -0.120. The van der Waals surface area contributed by atoms with E-state index in [0.29, 0.717) is 0 Å². The molecule has 1 aliphatic rings. The van der Waals surface area contributed by atoms with Crippen LogP contribution in [-0.4, -0.2) is 34.0 Å². The fraction of sp³-hybridized carbons (Fsp3) is 0.269. The van der Waals surface area contributed by atoms with Crippen molar-refractivity contribution < 1.29 is 13.2 Å². The number of carbonyl (C=O) groups is 1. The molecule has 0 bridgehead atoms. The molecule has 0 radical (unpaired) electrons. The van der Waals surface area contributed by atoms with Crippen LogP contribution in [0, 0.1) is 0 Å². The molecule has 1 unspecified atom stereocenters. The third-order valence-corrected chi connectivity index (χ3v) is 8.64. The second-order valence-corrected chi connectivity index (χ2v) is 11.1. The van der Waals surface area contributed by atoms with Crippen LogP contribution in [0.1, 0.15) is 31.4 Å². The largest absolute Gasteiger partial charge is 0.372 e. The maximum atomic E-state index is 13.5. The van der Waals surface area contributed by atoms with Crippen LogP contribution >= 0.6 is 23.2 Å². The van der Waals surface area contributed by atoms with Crippen molar-refractivity contribution in [3.8, 4) is 0 Å². The number of hydrogen-bond acceptors (Lipinski definition) is 4. The molecule has 3 aromatic rings. The average molecular weight is 532 g/mol. The number of carbonyl (C=O) groups excluding carboxylic acids is 1. The summed E-state index contributed by atoms with van der Waals surface area (Å²) in [6.07, 6.45) is 2.40. The highest BCUT2D eigenvalue weighted by molar-refractivity contribution is 7.92. The zero-order valence-corrected chi connectivity index (χ0v) is 21.7. The summed E-state index contributed by atoms with van der Waals surface area (Å²) < 4.78 is 28.0. The van der Waals surface area contributed by atoms with Crippen LogP contribution in [0.25, 0.3) is 0 Å². The first-order valence-corrected chi connectivity index (χ1v) is 13.6. The fourth-order valence-electron chi connectivity index (χ4n) is 4.15. The Kier molecular flexibility index (Phi) is 7.89. The van der Waals surface area contributed by atoms with Gasteiger partial charge in [-0.1, -0.05) is 59.6 Å². The number of nitrogens with zero attached hydrogens (tertiary/aromatic N) is 2. The number of amides is 1. The molecular weight excluding hydrogens is 505 g/mol. The molecule has 0 aliphatic carbocycles. The van der Waals surface area contributed by atoms with Crippen molar-refractivity contribution in [2.45, 2.75) is 30.7 Å². The van der Waals surface area contributed by atoms with Gasteiger partial charge >= 0.3 is 0 Å². The van der Waals surface area contributed by atoms with Crippen molar-refractivity contribution in [1.82, 2.24) is 5.32 Å². The van der Waals surface area contributed by atoms with E-state index in [1.165, 1.54) is 36.7 Å². The van der Waals surface area contributed by atoms with Crippen molar-refractivity contribution in [3.63, 3.8) is 0 Å². The molecular formula is C26H27Cl2N3O3S. The van der Waals surface area contributed by atoms with Crippen LogP contribution in [0.2, 0.25) is 10.0 Å². The van der Waals surface area contributed by atoms with Gasteiger partial charge in [-0.25, -0.2) is 8.42 Å². The Morgan fingerprint density at radius 2 is 1.63 bits per heavy atom. The molecule has 6 nitrogen and oxygen atoms in total. The smallest absolute Gasteiger partial charge is 0.264 e. The number of rotatable bonds is 8. The predicted octanol–water partition coefficient (Wildman–Crippen LogP) is 5.67. The molecule has 0 spiro atoms. The first kappa shape index (κ1) is 25.4. The molecule has 1 aliphatic heterocycles. The van der Waals surface area contributed by atoms with Gasteiger partial charge in [0.05, 0.1) is 26.7 Å². The number of sulfonamides is 1. The second-order valence-electron chi connectivity index (χ2n) is 8.47. The molecule has 1 heterocycles. The number of benzene rings is 3. The van der Waals surface area contributed by atoms with Crippen LogP contribution in [-0.2, 0) is 14.8 Å². The summed E-state index contributed by atoms with van der Waals surface area (Å²) in [7, 11) is -4.08. The number of halogens is 2. The van der Waals surface area contributed by atoms with Gasteiger partial charge in [0.2, 0.25) is 5.91 Å².